The zero-order valence-electron chi connectivity index (χ0n) is 14.5. The monoisotopic (exact) mass is 405 g/mol. The number of halogens is 2. The normalized spacial score (nSPS) is 10.8. The Morgan fingerprint density at radius 2 is 1.96 bits per heavy atom. The van der Waals surface area contributed by atoms with E-state index < -0.39 is 5.91 Å². The van der Waals surface area contributed by atoms with Crippen molar-refractivity contribution in [3.63, 3.8) is 0 Å². The van der Waals surface area contributed by atoms with E-state index >= 15 is 0 Å². The van der Waals surface area contributed by atoms with E-state index in [0.717, 1.165) is 12.0 Å². The van der Waals surface area contributed by atoms with Crippen molar-refractivity contribution in [2.45, 2.75) is 26.4 Å². The summed E-state index contributed by atoms with van der Waals surface area (Å²) in [5.41, 5.74) is 0.684. The molecule has 0 aliphatic rings. The second-order valence-electron chi connectivity index (χ2n) is 5.82. The molecule has 1 amide bonds. The van der Waals surface area contributed by atoms with E-state index in [2.05, 4.69) is 15.5 Å². The van der Waals surface area contributed by atoms with Gasteiger partial charge < -0.3 is 5.32 Å². The van der Waals surface area contributed by atoms with Gasteiger partial charge in [-0.3, -0.25) is 9.59 Å². The molecule has 0 spiro atoms. The van der Waals surface area contributed by atoms with E-state index in [1.165, 1.54) is 16.8 Å². The summed E-state index contributed by atoms with van der Waals surface area (Å²) in [5, 5.41) is 12.0. The van der Waals surface area contributed by atoms with Gasteiger partial charge in [0.05, 0.1) is 22.8 Å². The minimum absolute atomic E-state index is 0.150. The maximum Gasteiger partial charge on any atom is 0.277 e. The second kappa shape index (κ2) is 8.37. The molecule has 7 nitrogen and oxygen atoms in total. The molecule has 0 atom stereocenters. The third kappa shape index (κ3) is 4.37. The highest BCUT2D eigenvalue weighted by Crippen LogP contribution is 2.26. The molecular formula is C18H17Cl2N5O2. The van der Waals surface area contributed by atoms with E-state index in [1.807, 2.05) is 13.0 Å². The van der Waals surface area contributed by atoms with Gasteiger partial charge in [0.1, 0.15) is 11.5 Å². The molecular weight excluding hydrogens is 389 g/mol. The molecule has 27 heavy (non-hydrogen) atoms. The predicted octanol–water partition coefficient (Wildman–Crippen LogP) is 3.46. The van der Waals surface area contributed by atoms with E-state index in [1.54, 1.807) is 29.1 Å². The van der Waals surface area contributed by atoms with Crippen molar-refractivity contribution >= 4 is 34.9 Å². The third-order valence-corrected chi connectivity index (χ3v) is 4.70. The van der Waals surface area contributed by atoms with Crippen molar-refractivity contribution in [2.24, 2.45) is 0 Å². The lowest BCUT2D eigenvalue weighted by atomic mass is 10.2. The number of nitrogens with one attached hydrogen (secondary N) is 1. The molecule has 0 aliphatic heterocycles. The van der Waals surface area contributed by atoms with Crippen LogP contribution < -0.4 is 10.9 Å². The molecule has 3 rings (SSSR count). The zero-order valence-corrected chi connectivity index (χ0v) is 16.0. The van der Waals surface area contributed by atoms with E-state index in [0.29, 0.717) is 29.0 Å². The van der Waals surface area contributed by atoms with E-state index in [4.69, 9.17) is 23.2 Å². The third-order valence-electron chi connectivity index (χ3n) is 3.84. The van der Waals surface area contributed by atoms with E-state index in [9.17, 15) is 9.59 Å². The van der Waals surface area contributed by atoms with Gasteiger partial charge in [-0.05, 0) is 24.1 Å². The van der Waals surface area contributed by atoms with Crippen LogP contribution in [0.1, 0.15) is 29.4 Å². The number of amides is 1. The highest BCUT2D eigenvalue weighted by molar-refractivity contribution is 6.42. The SMILES string of the molecule is CCCn1nc(C(=O)Nc2ccnn2Cc2cccc(Cl)c2Cl)ccc1=O. The summed E-state index contributed by atoms with van der Waals surface area (Å²) in [6.07, 6.45) is 2.31. The van der Waals surface area contributed by atoms with Crippen molar-refractivity contribution in [2.75, 3.05) is 5.32 Å². The molecule has 0 saturated heterocycles. The molecule has 2 aromatic heterocycles. The van der Waals surface area contributed by atoms with Crippen LogP contribution in [0.5, 0.6) is 0 Å². The standard InChI is InChI=1S/C18H17Cl2N5O2/c1-2-10-24-16(26)7-6-14(23-24)18(27)22-15-8-9-21-25(15)11-12-4-3-5-13(19)17(12)20/h3-9H,2,10-11H2,1H3,(H,22,27). The predicted molar refractivity (Wildman–Crippen MR) is 105 cm³/mol. The quantitative estimate of drug-likeness (QED) is 0.680. The van der Waals surface area contributed by atoms with Crippen LogP contribution in [-0.2, 0) is 13.1 Å². The lowest BCUT2D eigenvalue weighted by molar-refractivity contribution is 0.101. The largest absolute Gasteiger partial charge is 0.305 e. The van der Waals surface area contributed by atoms with Crippen LogP contribution in [-0.4, -0.2) is 25.5 Å². The Morgan fingerprint density at radius 1 is 1.15 bits per heavy atom. The van der Waals surface area contributed by atoms with Crippen molar-refractivity contribution in [1.82, 2.24) is 19.6 Å². The van der Waals surface area contributed by atoms with Crippen LogP contribution in [0.15, 0.2) is 47.4 Å². The Hall–Kier alpha value is -2.64. The fourth-order valence-corrected chi connectivity index (χ4v) is 2.90. The fourth-order valence-electron chi connectivity index (χ4n) is 2.52. The topological polar surface area (TPSA) is 81.8 Å². The van der Waals surface area contributed by atoms with Crippen molar-refractivity contribution in [3.8, 4) is 0 Å². The molecule has 0 unspecified atom stereocenters. The lowest BCUT2D eigenvalue weighted by Crippen LogP contribution is -2.26. The van der Waals surface area contributed by atoms with Gasteiger partial charge in [-0.25, -0.2) is 9.36 Å². The van der Waals surface area contributed by atoms with Crippen molar-refractivity contribution in [1.29, 1.82) is 0 Å². The van der Waals surface area contributed by atoms with Gasteiger partial charge in [-0.2, -0.15) is 10.2 Å². The first-order valence-corrected chi connectivity index (χ1v) is 9.09. The highest BCUT2D eigenvalue weighted by atomic mass is 35.5. The van der Waals surface area contributed by atoms with E-state index in [-0.39, 0.29) is 11.3 Å². The molecule has 3 aromatic rings. The number of anilines is 1. The number of rotatable bonds is 6. The molecule has 0 radical (unpaired) electrons. The Kier molecular flexibility index (Phi) is 5.93. The van der Waals surface area contributed by atoms with Gasteiger partial charge in [0, 0.05) is 18.7 Å². The van der Waals surface area contributed by atoms with Gasteiger partial charge in [-0.1, -0.05) is 42.3 Å². The van der Waals surface area contributed by atoms with Gasteiger partial charge in [0.15, 0.2) is 0 Å². The first-order chi connectivity index (χ1) is 13.0. The molecule has 0 saturated carbocycles. The molecule has 0 aliphatic carbocycles. The Bertz CT molecular complexity index is 1030. The summed E-state index contributed by atoms with van der Waals surface area (Å²) in [6, 6.07) is 9.74. The summed E-state index contributed by atoms with van der Waals surface area (Å²) in [5.74, 6) is 0.0462. The first-order valence-electron chi connectivity index (χ1n) is 8.34. The van der Waals surface area contributed by atoms with Crippen LogP contribution in [0.3, 0.4) is 0 Å². The molecule has 0 bridgehead atoms. The number of hydrogen-bond acceptors (Lipinski definition) is 4. The van der Waals surface area contributed by atoms with Gasteiger partial charge >= 0.3 is 0 Å². The number of hydrogen-bond donors (Lipinski definition) is 1. The molecule has 0 fully saturated rings. The average molecular weight is 406 g/mol. The minimum Gasteiger partial charge on any atom is -0.305 e. The number of carbonyl (C=O) groups excluding carboxylic acids is 1. The number of carbonyl (C=O) groups is 1. The number of nitrogens with zero attached hydrogens (tertiary/aromatic N) is 4. The van der Waals surface area contributed by atoms with Crippen LogP contribution in [0.2, 0.25) is 10.0 Å². The smallest absolute Gasteiger partial charge is 0.277 e. The average Bonchev–Trinajstić information content (AvgIpc) is 3.07. The minimum atomic E-state index is -0.432. The fraction of sp³-hybridized carbons (Fsp3) is 0.222. The van der Waals surface area contributed by atoms with Crippen molar-refractivity contribution < 1.29 is 4.79 Å². The summed E-state index contributed by atoms with van der Waals surface area (Å²) in [6.45, 7) is 2.72. The van der Waals surface area contributed by atoms with Gasteiger partial charge in [-0.15, -0.1) is 0 Å². The van der Waals surface area contributed by atoms with Crippen LogP contribution in [0.4, 0.5) is 5.82 Å². The zero-order chi connectivity index (χ0) is 19.4. The Morgan fingerprint density at radius 3 is 2.74 bits per heavy atom. The number of aryl methyl sites for hydroxylation is 1. The highest BCUT2D eigenvalue weighted by Gasteiger charge is 2.14. The maximum atomic E-state index is 12.5. The summed E-state index contributed by atoms with van der Waals surface area (Å²) < 4.78 is 2.87. The van der Waals surface area contributed by atoms with Crippen LogP contribution >= 0.6 is 23.2 Å². The molecule has 1 N–H and O–H groups in total. The molecule has 1 aromatic carbocycles. The number of benzene rings is 1. The van der Waals surface area contributed by atoms with Crippen molar-refractivity contribution in [3.05, 3.63) is 74.3 Å². The Labute approximate surface area is 165 Å². The Balaban J connectivity index is 1.80. The number of aromatic nitrogens is 4. The second-order valence-corrected chi connectivity index (χ2v) is 6.61. The van der Waals surface area contributed by atoms with Crippen LogP contribution in [0.25, 0.3) is 0 Å². The van der Waals surface area contributed by atoms with Gasteiger partial charge in [0.25, 0.3) is 11.5 Å². The molecule has 9 heteroatoms. The van der Waals surface area contributed by atoms with Crippen LogP contribution in [0, 0.1) is 0 Å². The summed E-state index contributed by atoms with van der Waals surface area (Å²) in [4.78, 5) is 24.3. The van der Waals surface area contributed by atoms with Gasteiger partial charge in [0.2, 0.25) is 0 Å². The first kappa shape index (κ1) is 19.1. The molecule has 140 valence electrons. The summed E-state index contributed by atoms with van der Waals surface area (Å²) in [7, 11) is 0. The maximum absolute atomic E-state index is 12.5. The summed E-state index contributed by atoms with van der Waals surface area (Å²) >= 11 is 12.3. The lowest BCUT2D eigenvalue weighted by Gasteiger charge is -2.11. The molecule has 2 heterocycles.